The first-order valence-electron chi connectivity index (χ1n) is 6.54. The van der Waals surface area contributed by atoms with Crippen molar-refractivity contribution in [2.45, 2.75) is 49.4 Å². The molecule has 0 atom stereocenters. The molecule has 0 saturated heterocycles. The van der Waals surface area contributed by atoms with Gasteiger partial charge in [-0.1, -0.05) is 0 Å². The van der Waals surface area contributed by atoms with E-state index in [4.69, 9.17) is 0 Å². The van der Waals surface area contributed by atoms with Crippen LogP contribution in [-0.4, -0.2) is 50.3 Å². The van der Waals surface area contributed by atoms with E-state index in [1.807, 2.05) is 0 Å². The fourth-order valence-corrected chi connectivity index (χ4v) is 1.46. The third-order valence-electron chi connectivity index (χ3n) is 2.89. The zero-order valence-electron chi connectivity index (χ0n) is 11.8. The normalized spacial score (nSPS) is 14.3. The van der Waals surface area contributed by atoms with Crippen molar-refractivity contribution in [2.75, 3.05) is 26.6 Å². The molecular weight excluding hydrogens is 350 g/mol. The zero-order chi connectivity index (χ0) is 18.4. The number of alkyl halides is 10. The molecule has 11 heteroatoms. The van der Waals surface area contributed by atoms with Gasteiger partial charge in [-0.15, -0.1) is 0 Å². The molecule has 0 radical (unpaired) electrons. The third kappa shape index (κ3) is 6.34. The molecular formula is C12H16F10O. The molecule has 0 bridgehead atoms. The van der Waals surface area contributed by atoms with Crippen molar-refractivity contribution in [3.05, 3.63) is 0 Å². The highest BCUT2D eigenvalue weighted by atomic mass is 19.3. The van der Waals surface area contributed by atoms with Crippen molar-refractivity contribution in [1.82, 2.24) is 0 Å². The molecule has 0 aromatic carbocycles. The predicted molar refractivity (Wildman–Crippen MR) is 61.0 cm³/mol. The minimum atomic E-state index is -4.92. The number of hydrogen-bond acceptors (Lipinski definition) is 1. The monoisotopic (exact) mass is 366 g/mol. The maximum atomic E-state index is 13.1. The summed E-state index contributed by atoms with van der Waals surface area (Å²) in [4.78, 5) is 0. The lowest BCUT2D eigenvalue weighted by molar-refractivity contribution is -0.266. The van der Waals surface area contributed by atoms with Crippen LogP contribution in [0.2, 0.25) is 0 Å². The highest BCUT2D eigenvalue weighted by Gasteiger charge is 2.58. The average molecular weight is 366 g/mol. The SMILES string of the molecule is FCCCC(F)(F)C(F)(F)COCC(F)(F)C(F)(F)CCCF. The quantitative estimate of drug-likeness (QED) is 0.440. The van der Waals surface area contributed by atoms with Crippen LogP contribution < -0.4 is 0 Å². The Kier molecular flexibility index (Phi) is 8.12. The topological polar surface area (TPSA) is 9.23 Å². The van der Waals surface area contributed by atoms with E-state index < -0.39 is 75.9 Å². The number of halogens is 10. The summed E-state index contributed by atoms with van der Waals surface area (Å²) in [6, 6.07) is 0. The number of hydrogen-bond donors (Lipinski definition) is 0. The molecule has 0 spiro atoms. The van der Waals surface area contributed by atoms with Gasteiger partial charge in [0.15, 0.2) is 0 Å². The molecule has 0 aliphatic carbocycles. The summed E-state index contributed by atoms with van der Waals surface area (Å²) in [5.74, 6) is -19.3. The van der Waals surface area contributed by atoms with Crippen molar-refractivity contribution in [1.29, 1.82) is 0 Å². The standard InChI is InChI=1S/C12H16F10O/c13-5-1-3-9(15,16)11(19,20)7-23-8-12(21,22)10(17,18)4-2-6-14/h1-8H2. The Morgan fingerprint density at radius 3 is 1.09 bits per heavy atom. The second kappa shape index (κ2) is 8.39. The van der Waals surface area contributed by atoms with Gasteiger partial charge in [0.25, 0.3) is 0 Å². The van der Waals surface area contributed by atoms with Gasteiger partial charge in [0.1, 0.15) is 13.2 Å². The number of rotatable bonds is 12. The van der Waals surface area contributed by atoms with E-state index >= 15 is 0 Å². The number of ether oxygens (including phenoxy) is 1. The molecule has 0 aliphatic rings. The molecule has 0 fully saturated rings. The fourth-order valence-electron chi connectivity index (χ4n) is 1.46. The van der Waals surface area contributed by atoms with Crippen LogP contribution in [0.5, 0.6) is 0 Å². The van der Waals surface area contributed by atoms with E-state index in [0.717, 1.165) is 0 Å². The van der Waals surface area contributed by atoms with Gasteiger partial charge in [0.05, 0.1) is 13.3 Å². The van der Waals surface area contributed by atoms with Crippen LogP contribution in [0.25, 0.3) is 0 Å². The Morgan fingerprint density at radius 2 is 0.826 bits per heavy atom. The molecule has 0 aromatic rings. The first-order chi connectivity index (χ1) is 10.3. The van der Waals surface area contributed by atoms with E-state index in [1.54, 1.807) is 0 Å². The van der Waals surface area contributed by atoms with Crippen LogP contribution in [0, 0.1) is 0 Å². The summed E-state index contributed by atoms with van der Waals surface area (Å²) in [7, 11) is 0. The summed E-state index contributed by atoms with van der Waals surface area (Å²) in [5.41, 5.74) is 0. The van der Waals surface area contributed by atoms with Crippen LogP contribution in [0.3, 0.4) is 0 Å². The van der Waals surface area contributed by atoms with Gasteiger partial charge >= 0.3 is 23.7 Å². The fraction of sp³-hybridized carbons (Fsp3) is 1.00. The van der Waals surface area contributed by atoms with Crippen molar-refractivity contribution < 1.29 is 48.6 Å². The molecule has 0 heterocycles. The molecule has 140 valence electrons. The van der Waals surface area contributed by atoms with Crippen LogP contribution >= 0.6 is 0 Å². The summed E-state index contributed by atoms with van der Waals surface area (Å²) in [5, 5.41) is 0. The van der Waals surface area contributed by atoms with Crippen molar-refractivity contribution in [3.8, 4) is 0 Å². The highest BCUT2D eigenvalue weighted by molar-refractivity contribution is 4.87. The molecule has 0 rings (SSSR count). The smallest absolute Gasteiger partial charge is 0.332 e. The molecule has 0 saturated carbocycles. The molecule has 0 amide bonds. The largest absolute Gasteiger partial charge is 0.368 e. The van der Waals surface area contributed by atoms with Gasteiger partial charge in [0, 0.05) is 12.8 Å². The van der Waals surface area contributed by atoms with Crippen LogP contribution in [0.15, 0.2) is 0 Å². The second-order valence-corrected chi connectivity index (χ2v) is 4.90. The Bertz CT molecular complexity index is 313. The first-order valence-corrected chi connectivity index (χ1v) is 6.54. The minimum absolute atomic E-state index is 0.889. The molecule has 23 heavy (non-hydrogen) atoms. The van der Waals surface area contributed by atoms with Crippen molar-refractivity contribution >= 4 is 0 Å². The van der Waals surface area contributed by atoms with Gasteiger partial charge in [0.2, 0.25) is 0 Å². The Hall–Kier alpha value is -0.740. The van der Waals surface area contributed by atoms with E-state index in [2.05, 4.69) is 4.74 Å². The first kappa shape index (κ1) is 22.3. The summed E-state index contributed by atoms with van der Waals surface area (Å²) in [6.45, 7) is -7.04. The van der Waals surface area contributed by atoms with Gasteiger partial charge in [-0.3, -0.25) is 8.78 Å². The van der Waals surface area contributed by atoms with E-state index in [0.29, 0.717) is 0 Å². The van der Waals surface area contributed by atoms with E-state index in [1.165, 1.54) is 0 Å². The van der Waals surface area contributed by atoms with Gasteiger partial charge < -0.3 is 4.74 Å². The maximum Gasteiger partial charge on any atom is 0.332 e. The summed E-state index contributed by atoms with van der Waals surface area (Å²) < 4.78 is 132. The Labute approximate surface area is 126 Å². The van der Waals surface area contributed by atoms with Crippen molar-refractivity contribution in [3.63, 3.8) is 0 Å². The molecule has 0 N–H and O–H groups in total. The predicted octanol–water partition coefficient (Wildman–Crippen LogP) is 5.04. The second-order valence-electron chi connectivity index (χ2n) is 4.90. The Balaban J connectivity index is 4.61. The Morgan fingerprint density at radius 1 is 0.522 bits per heavy atom. The van der Waals surface area contributed by atoms with Crippen LogP contribution in [0.4, 0.5) is 43.9 Å². The van der Waals surface area contributed by atoms with Gasteiger partial charge in [-0.25, -0.2) is 0 Å². The van der Waals surface area contributed by atoms with Crippen molar-refractivity contribution in [2.24, 2.45) is 0 Å². The molecule has 0 aromatic heterocycles. The van der Waals surface area contributed by atoms with E-state index in [-0.39, 0.29) is 0 Å². The minimum Gasteiger partial charge on any atom is -0.368 e. The van der Waals surface area contributed by atoms with Gasteiger partial charge in [-0.05, 0) is 12.8 Å². The summed E-state index contributed by atoms with van der Waals surface area (Å²) in [6.07, 6.45) is -4.88. The highest BCUT2D eigenvalue weighted by Crippen LogP contribution is 2.40. The zero-order valence-corrected chi connectivity index (χ0v) is 11.8. The maximum absolute atomic E-state index is 13.1. The lowest BCUT2D eigenvalue weighted by Crippen LogP contribution is -2.48. The van der Waals surface area contributed by atoms with Crippen LogP contribution in [-0.2, 0) is 4.74 Å². The lowest BCUT2D eigenvalue weighted by Gasteiger charge is -2.29. The molecule has 1 nitrogen and oxygen atoms in total. The third-order valence-corrected chi connectivity index (χ3v) is 2.89. The van der Waals surface area contributed by atoms with E-state index in [9.17, 15) is 43.9 Å². The van der Waals surface area contributed by atoms with Crippen LogP contribution in [0.1, 0.15) is 25.7 Å². The lowest BCUT2D eigenvalue weighted by atomic mass is 10.1. The molecule has 0 aliphatic heterocycles. The van der Waals surface area contributed by atoms with Gasteiger partial charge in [-0.2, -0.15) is 35.1 Å². The molecule has 0 unspecified atom stereocenters. The summed E-state index contributed by atoms with van der Waals surface area (Å²) >= 11 is 0. The average Bonchev–Trinajstić information content (AvgIpc) is 2.42.